The lowest BCUT2D eigenvalue weighted by Crippen LogP contribution is -2.26. The first-order chi connectivity index (χ1) is 8.18. The molecule has 5 heteroatoms. The smallest absolute Gasteiger partial charge is 0.210 e. The minimum atomic E-state index is -3.37. The molecule has 0 saturated heterocycles. The topological polar surface area (TPSA) is 72.2 Å². The zero-order chi connectivity index (χ0) is 13.8. The maximum absolute atomic E-state index is 10.7. The van der Waals surface area contributed by atoms with Gasteiger partial charge in [-0.2, -0.15) is 0 Å². The summed E-state index contributed by atoms with van der Waals surface area (Å²) in [6.45, 7) is 7.55. The molecule has 0 fully saturated rings. The zero-order valence-corrected chi connectivity index (χ0v) is 12.0. The van der Waals surface area contributed by atoms with Crippen molar-refractivity contribution in [3.05, 3.63) is 35.4 Å². The number of primary sulfonamides is 1. The molecule has 1 aromatic rings. The summed E-state index contributed by atoms with van der Waals surface area (Å²) in [6.07, 6.45) is 0. The van der Waals surface area contributed by atoms with E-state index in [9.17, 15) is 8.42 Å². The highest BCUT2D eigenvalue weighted by atomic mass is 32.2. The molecule has 0 unspecified atom stereocenters. The number of nitrogens with one attached hydrogen (secondary N) is 1. The van der Waals surface area contributed by atoms with Gasteiger partial charge in [0.25, 0.3) is 0 Å². The van der Waals surface area contributed by atoms with Crippen LogP contribution in [0, 0.1) is 0 Å². The van der Waals surface area contributed by atoms with Crippen LogP contribution in [0.5, 0.6) is 0 Å². The van der Waals surface area contributed by atoms with Crippen molar-refractivity contribution in [2.24, 2.45) is 5.14 Å². The molecule has 0 heterocycles. The van der Waals surface area contributed by atoms with Gasteiger partial charge in [0.2, 0.25) is 10.0 Å². The number of sulfonamides is 1. The molecule has 18 heavy (non-hydrogen) atoms. The maximum atomic E-state index is 10.7. The molecular weight excluding hydrogens is 248 g/mol. The Morgan fingerprint density at radius 3 is 2.17 bits per heavy atom. The van der Waals surface area contributed by atoms with Gasteiger partial charge in [-0.3, -0.25) is 0 Å². The van der Waals surface area contributed by atoms with Crippen molar-refractivity contribution in [3.63, 3.8) is 0 Å². The van der Waals surface area contributed by atoms with Crippen molar-refractivity contribution in [3.8, 4) is 0 Å². The molecule has 4 nitrogen and oxygen atoms in total. The molecule has 0 amide bonds. The fourth-order valence-corrected chi connectivity index (χ4v) is 2.00. The predicted molar refractivity (Wildman–Crippen MR) is 74.8 cm³/mol. The fourth-order valence-electron chi connectivity index (χ4n) is 1.57. The summed E-state index contributed by atoms with van der Waals surface area (Å²) in [5.41, 5.74) is 2.58. The van der Waals surface area contributed by atoms with Gasteiger partial charge in [-0.1, -0.05) is 45.0 Å². The molecule has 1 aromatic carbocycles. The van der Waals surface area contributed by atoms with Gasteiger partial charge in [-0.25, -0.2) is 13.6 Å². The van der Waals surface area contributed by atoms with Gasteiger partial charge in [0.15, 0.2) is 0 Å². The highest BCUT2D eigenvalue weighted by Gasteiger charge is 2.12. The molecule has 0 radical (unpaired) electrons. The summed E-state index contributed by atoms with van der Waals surface area (Å²) in [4.78, 5) is 0. The van der Waals surface area contributed by atoms with Gasteiger partial charge in [0.05, 0.1) is 5.75 Å². The van der Waals surface area contributed by atoms with Crippen molar-refractivity contribution in [2.75, 3.05) is 12.3 Å². The number of nitrogens with two attached hydrogens (primary N) is 1. The van der Waals surface area contributed by atoms with Crippen molar-refractivity contribution >= 4 is 10.0 Å². The second kappa shape index (κ2) is 5.82. The van der Waals surface area contributed by atoms with Crippen LogP contribution in [0.2, 0.25) is 0 Å². The van der Waals surface area contributed by atoms with Gasteiger partial charge in [-0.15, -0.1) is 0 Å². The van der Waals surface area contributed by atoms with Crippen LogP contribution in [0.25, 0.3) is 0 Å². The zero-order valence-electron chi connectivity index (χ0n) is 11.2. The lowest BCUT2D eigenvalue weighted by molar-refractivity contribution is 0.588. The molecule has 0 aromatic heterocycles. The Morgan fingerprint density at radius 1 is 1.17 bits per heavy atom. The highest BCUT2D eigenvalue weighted by Crippen LogP contribution is 2.21. The van der Waals surface area contributed by atoms with Crippen LogP contribution in [0.3, 0.4) is 0 Å². The maximum Gasteiger partial charge on any atom is 0.210 e. The van der Waals surface area contributed by atoms with Gasteiger partial charge in [0, 0.05) is 13.1 Å². The second-order valence-electron chi connectivity index (χ2n) is 5.49. The van der Waals surface area contributed by atoms with Crippen LogP contribution in [0.4, 0.5) is 0 Å². The number of rotatable bonds is 5. The molecule has 0 atom stereocenters. The third-order valence-electron chi connectivity index (χ3n) is 2.71. The normalized spacial score (nSPS) is 12.7. The number of hydrogen-bond donors (Lipinski definition) is 2. The van der Waals surface area contributed by atoms with Crippen molar-refractivity contribution in [1.29, 1.82) is 0 Å². The molecule has 0 saturated carbocycles. The second-order valence-corrected chi connectivity index (χ2v) is 7.22. The van der Waals surface area contributed by atoms with E-state index in [1.165, 1.54) is 5.56 Å². The molecule has 1 rings (SSSR count). The minimum absolute atomic E-state index is 0.0346. The monoisotopic (exact) mass is 270 g/mol. The van der Waals surface area contributed by atoms with Crippen LogP contribution >= 0.6 is 0 Å². The van der Waals surface area contributed by atoms with E-state index in [-0.39, 0.29) is 11.2 Å². The van der Waals surface area contributed by atoms with Gasteiger partial charge in [0.1, 0.15) is 0 Å². The van der Waals surface area contributed by atoms with E-state index < -0.39 is 10.0 Å². The van der Waals surface area contributed by atoms with E-state index in [0.717, 1.165) is 5.56 Å². The SMILES string of the molecule is CC(C)(C)c1ccc(CNCCS(N)(=O)=O)cc1. The standard InChI is InChI=1S/C13H22N2O2S/c1-13(2,3)12-6-4-11(5-7-12)10-15-8-9-18(14,16)17/h4-7,15H,8-10H2,1-3H3,(H2,14,16,17). The Morgan fingerprint density at radius 2 is 1.72 bits per heavy atom. The molecule has 0 aliphatic heterocycles. The first kappa shape index (κ1) is 15.1. The summed E-state index contributed by atoms with van der Waals surface area (Å²) >= 11 is 0. The lowest BCUT2D eigenvalue weighted by atomic mass is 9.87. The molecule has 0 aliphatic rings. The highest BCUT2D eigenvalue weighted by molar-refractivity contribution is 7.89. The van der Waals surface area contributed by atoms with Crippen molar-refractivity contribution < 1.29 is 8.42 Å². The summed E-state index contributed by atoms with van der Waals surface area (Å²) in [5.74, 6) is -0.0346. The van der Waals surface area contributed by atoms with E-state index in [1.54, 1.807) is 0 Å². The summed E-state index contributed by atoms with van der Waals surface area (Å²) in [6, 6.07) is 8.34. The molecule has 0 spiro atoms. The van der Waals surface area contributed by atoms with E-state index >= 15 is 0 Å². The Hall–Kier alpha value is -0.910. The number of hydrogen-bond acceptors (Lipinski definition) is 3. The number of benzene rings is 1. The van der Waals surface area contributed by atoms with Crippen LogP contribution in [0.15, 0.2) is 24.3 Å². The minimum Gasteiger partial charge on any atom is -0.312 e. The largest absolute Gasteiger partial charge is 0.312 e. The summed E-state index contributed by atoms with van der Waals surface area (Å²) in [7, 11) is -3.37. The Bertz CT molecular complexity index is 473. The van der Waals surface area contributed by atoms with Crippen LogP contribution in [0.1, 0.15) is 31.9 Å². The summed E-state index contributed by atoms with van der Waals surface area (Å²) in [5, 5.41) is 7.97. The third-order valence-corrected chi connectivity index (χ3v) is 3.49. The quantitative estimate of drug-likeness (QED) is 0.794. The molecule has 102 valence electrons. The van der Waals surface area contributed by atoms with Gasteiger partial charge < -0.3 is 5.32 Å². The van der Waals surface area contributed by atoms with E-state index in [0.29, 0.717) is 13.1 Å². The Labute approximate surface area is 110 Å². The van der Waals surface area contributed by atoms with Crippen LogP contribution in [-0.2, 0) is 22.0 Å². The van der Waals surface area contributed by atoms with E-state index in [2.05, 4.69) is 50.4 Å². The average molecular weight is 270 g/mol. The lowest BCUT2D eigenvalue weighted by Gasteiger charge is -2.19. The molecule has 3 N–H and O–H groups in total. The third kappa shape index (κ3) is 5.62. The average Bonchev–Trinajstić information content (AvgIpc) is 2.22. The van der Waals surface area contributed by atoms with Gasteiger partial charge in [-0.05, 0) is 16.5 Å². The Kier molecular flexibility index (Phi) is 4.90. The summed E-state index contributed by atoms with van der Waals surface area (Å²) < 4.78 is 21.5. The van der Waals surface area contributed by atoms with E-state index in [4.69, 9.17) is 5.14 Å². The first-order valence-electron chi connectivity index (χ1n) is 5.99. The first-order valence-corrected chi connectivity index (χ1v) is 7.71. The van der Waals surface area contributed by atoms with Crippen molar-refractivity contribution in [2.45, 2.75) is 32.7 Å². The van der Waals surface area contributed by atoms with Crippen molar-refractivity contribution in [1.82, 2.24) is 5.32 Å². The molecular formula is C13H22N2O2S. The van der Waals surface area contributed by atoms with E-state index in [1.807, 2.05) is 0 Å². The Balaban J connectivity index is 2.45. The van der Waals surface area contributed by atoms with Crippen LogP contribution < -0.4 is 10.5 Å². The van der Waals surface area contributed by atoms with Crippen LogP contribution in [-0.4, -0.2) is 20.7 Å². The fraction of sp³-hybridized carbons (Fsp3) is 0.538. The molecule has 0 aliphatic carbocycles. The predicted octanol–water partition coefficient (Wildman–Crippen LogP) is 1.36. The molecule has 0 bridgehead atoms. The van der Waals surface area contributed by atoms with Gasteiger partial charge >= 0.3 is 0 Å².